The third-order valence-corrected chi connectivity index (χ3v) is 6.03. The number of rotatable bonds is 6. The molecule has 1 aliphatic heterocycles. The van der Waals surface area contributed by atoms with E-state index in [1.165, 1.54) is 0 Å². The zero-order valence-electron chi connectivity index (χ0n) is 18.1. The van der Waals surface area contributed by atoms with Gasteiger partial charge in [0.25, 0.3) is 0 Å². The first-order valence-corrected chi connectivity index (χ1v) is 10.9. The lowest BCUT2D eigenvalue weighted by atomic mass is 9.91. The Morgan fingerprint density at radius 1 is 1.13 bits per heavy atom. The number of piperidine rings is 1. The van der Waals surface area contributed by atoms with Gasteiger partial charge in [0.15, 0.2) is 0 Å². The molecule has 4 rings (SSSR count). The molecule has 3 aromatic rings. The number of halogens is 1. The van der Waals surface area contributed by atoms with Crippen LogP contribution in [0.4, 0.5) is 10.1 Å². The molecular formula is C26H29FN2O2. The van der Waals surface area contributed by atoms with Gasteiger partial charge in [0.05, 0.1) is 5.69 Å². The smallest absolute Gasteiger partial charge is 0.221 e. The molecule has 2 atom stereocenters. The maximum atomic E-state index is 15.2. The molecule has 5 heteroatoms. The monoisotopic (exact) mass is 420 g/mol. The highest BCUT2D eigenvalue weighted by atomic mass is 19.1. The predicted molar refractivity (Wildman–Crippen MR) is 122 cm³/mol. The fourth-order valence-corrected chi connectivity index (χ4v) is 4.29. The summed E-state index contributed by atoms with van der Waals surface area (Å²) in [6.07, 6.45) is 1.75. The zero-order chi connectivity index (χ0) is 21.8. The third-order valence-electron chi connectivity index (χ3n) is 6.03. The molecule has 0 amide bonds. The van der Waals surface area contributed by atoms with Crippen molar-refractivity contribution in [1.29, 1.82) is 0 Å². The molecule has 1 N–H and O–H groups in total. The van der Waals surface area contributed by atoms with Gasteiger partial charge in [-0.2, -0.15) is 0 Å². The number of aliphatic hydroxyl groups excluding tert-OH is 1. The number of benzene rings is 2. The molecule has 0 spiro atoms. The highest BCUT2D eigenvalue weighted by Crippen LogP contribution is 2.35. The van der Waals surface area contributed by atoms with Gasteiger partial charge in [-0.25, -0.2) is 9.37 Å². The van der Waals surface area contributed by atoms with E-state index in [9.17, 15) is 5.11 Å². The van der Waals surface area contributed by atoms with Crippen LogP contribution in [0.3, 0.4) is 0 Å². The van der Waals surface area contributed by atoms with Crippen LogP contribution < -0.4 is 9.64 Å². The molecule has 0 aliphatic carbocycles. The van der Waals surface area contributed by atoms with E-state index in [2.05, 4.69) is 16.8 Å². The van der Waals surface area contributed by atoms with E-state index in [0.29, 0.717) is 24.1 Å². The quantitative estimate of drug-likeness (QED) is 0.582. The molecule has 1 aliphatic rings. The van der Waals surface area contributed by atoms with Gasteiger partial charge in [0.1, 0.15) is 12.4 Å². The summed E-state index contributed by atoms with van der Waals surface area (Å²) in [5.41, 5.74) is 4.04. The number of nitrogens with zero attached hydrogens (tertiary/aromatic N) is 2. The van der Waals surface area contributed by atoms with Crippen LogP contribution in [0, 0.1) is 18.7 Å². The van der Waals surface area contributed by atoms with Crippen LogP contribution in [0.25, 0.3) is 11.1 Å². The molecule has 0 saturated carbocycles. The standard InChI is InChI=1S/C26H29FN2O2/c1-18-8-10-23(26(28-18)31-17-20-6-4-3-5-7-20)22-9-11-25(24(27)15-22)29-13-12-21(16-30)14-19(29)2/h3-11,15,19,21,30H,12-14,16-17H2,1-2H3. The Balaban J connectivity index is 1.58. The van der Waals surface area contributed by atoms with Gasteiger partial charge in [-0.3, -0.25) is 0 Å². The normalized spacial score (nSPS) is 18.8. The summed E-state index contributed by atoms with van der Waals surface area (Å²) in [5.74, 6) is 0.561. The number of pyridine rings is 1. The molecule has 1 fully saturated rings. The zero-order valence-corrected chi connectivity index (χ0v) is 18.1. The lowest BCUT2D eigenvalue weighted by Gasteiger charge is -2.39. The summed E-state index contributed by atoms with van der Waals surface area (Å²) in [6.45, 7) is 5.36. The molecule has 1 aromatic heterocycles. The first kappa shape index (κ1) is 21.3. The van der Waals surface area contributed by atoms with Crippen molar-refractivity contribution in [3.8, 4) is 17.0 Å². The van der Waals surface area contributed by atoms with Crippen LogP contribution >= 0.6 is 0 Å². The van der Waals surface area contributed by atoms with Gasteiger partial charge < -0.3 is 14.7 Å². The minimum atomic E-state index is -0.249. The molecule has 4 nitrogen and oxygen atoms in total. The Labute approximate surface area is 183 Å². The van der Waals surface area contributed by atoms with Crippen molar-refractivity contribution in [2.45, 2.75) is 39.3 Å². The molecular weight excluding hydrogens is 391 g/mol. The summed E-state index contributed by atoms with van der Waals surface area (Å²) < 4.78 is 21.2. The first-order chi connectivity index (χ1) is 15.0. The van der Waals surface area contributed by atoms with Crippen LogP contribution in [0.1, 0.15) is 31.0 Å². The van der Waals surface area contributed by atoms with Gasteiger partial charge in [0, 0.05) is 30.5 Å². The van der Waals surface area contributed by atoms with E-state index in [1.54, 1.807) is 6.07 Å². The number of aromatic nitrogens is 1. The van der Waals surface area contributed by atoms with Crippen molar-refractivity contribution in [2.75, 3.05) is 18.1 Å². The van der Waals surface area contributed by atoms with Crippen molar-refractivity contribution in [3.05, 3.63) is 77.7 Å². The van der Waals surface area contributed by atoms with Crippen LogP contribution in [-0.2, 0) is 6.61 Å². The number of anilines is 1. The number of ether oxygens (including phenoxy) is 1. The average Bonchev–Trinajstić information content (AvgIpc) is 2.78. The lowest BCUT2D eigenvalue weighted by molar-refractivity contribution is 0.190. The maximum absolute atomic E-state index is 15.2. The van der Waals surface area contributed by atoms with E-state index >= 15 is 4.39 Å². The average molecular weight is 421 g/mol. The molecule has 2 heterocycles. The highest BCUT2D eigenvalue weighted by Gasteiger charge is 2.27. The van der Waals surface area contributed by atoms with Crippen molar-refractivity contribution < 1.29 is 14.2 Å². The third kappa shape index (κ3) is 4.88. The molecule has 31 heavy (non-hydrogen) atoms. The predicted octanol–water partition coefficient (Wildman–Crippen LogP) is 5.37. The van der Waals surface area contributed by atoms with Gasteiger partial charge in [-0.15, -0.1) is 0 Å². The maximum Gasteiger partial charge on any atom is 0.221 e. The van der Waals surface area contributed by atoms with Crippen LogP contribution in [0.5, 0.6) is 5.88 Å². The Bertz CT molecular complexity index is 1030. The molecule has 1 saturated heterocycles. The second-order valence-corrected chi connectivity index (χ2v) is 8.36. The Hall–Kier alpha value is -2.92. The number of aryl methyl sites for hydroxylation is 1. The molecule has 2 aromatic carbocycles. The van der Waals surface area contributed by atoms with E-state index in [1.807, 2.05) is 61.5 Å². The lowest BCUT2D eigenvalue weighted by Crippen LogP contribution is -2.42. The molecule has 0 bridgehead atoms. The van der Waals surface area contributed by atoms with Crippen molar-refractivity contribution in [2.24, 2.45) is 5.92 Å². The second kappa shape index (κ2) is 9.48. The summed E-state index contributed by atoms with van der Waals surface area (Å²) in [6, 6.07) is 19.3. The Morgan fingerprint density at radius 2 is 1.94 bits per heavy atom. The van der Waals surface area contributed by atoms with Crippen LogP contribution in [0.15, 0.2) is 60.7 Å². The first-order valence-electron chi connectivity index (χ1n) is 10.9. The summed E-state index contributed by atoms with van der Waals surface area (Å²) >= 11 is 0. The molecule has 162 valence electrons. The summed E-state index contributed by atoms with van der Waals surface area (Å²) in [7, 11) is 0. The van der Waals surface area contributed by atoms with Crippen LogP contribution in [0.2, 0.25) is 0 Å². The minimum Gasteiger partial charge on any atom is -0.472 e. The van der Waals surface area contributed by atoms with Gasteiger partial charge in [-0.05, 0) is 68.0 Å². The van der Waals surface area contributed by atoms with Gasteiger partial charge >= 0.3 is 0 Å². The van der Waals surface area contributed by atoms with Gasteiger partial charge in [-0.1, -0.05) is 36.4 Å². The number of hydrogen-bond acceptors (Lipinski definition) is 4. The van der Waals surface area contributed by atoms with E-state index in [4.69, 9.17) is 4.74 Å². The number of hydrogen-bond donors (Lipinski definition) is 1. The van der Waals surface area contributed by atoms with E-state index in [-0.39, 0.29) is 18.5 Å². The van der Waals surface area contributed by atoms with Gasteiger partial charge in [0.2, 0.25) is 5.88 Å². The van der Waals surface area contributed by atoms with Crippen LogP contribution in [-0.4, -0.2) is 29.3 Å². The fourth-order valence-electron chi connectivity index (χ4n) is 4.29. The topological polar surface area (TPSA) is 45.6 Å². The van der Waals surface area contributed by atoms with E-state index in [0.717, 1.165) is 41.8 Å². The summed E-state index contributed by atoms with van der Waals surface area (Å²) in [4.78, 5) is 6.66. The second-order valence-electron chi connectivity index (χ2n) is 8.36. The highest BCUT2D eigenvalue weighted by molar-refractivity contribution is 5.71. The largest absolute Gasteiger partial charge is 0.472 e. The van der Waals surface area contributed by atoms with Crippen molar-refractivity contribution in [3.63, 3.8) is 0 Å². The minimum absolute atomic E-state index is 0.192. The van der Waals surface area contributed by atoms with E-state index < -0.39 is 0 Å². The van der Waals surface area contributed by atoms with Crippen molar-refractivity contribution in [1.82, 2.24) is 4.98 Å². The summed E-state index contributed by atoms with van der Waals surface area (Å²) in [5, 5.41) is 9.43. The molecule has 0 radical (unpaired) electrons. The fraction of sp³-hybridized carbons (Fsp3) is 0.346. The van der Waals surface area contributed by atoms with Crippen molar-refractivity contribution >= 4 is 5.69 Å². The number of aliphatic hydroxyl groups is 1. The SMILES string of the molecule is Cc1ccc(-c2ccc(N3CCC(CO)CC3C)c(F)c2)c(OCc2ccccc2)n1. The Kier molecular flexibility index (Phi) is 6.52. The Morgan fingerprint density at radius 3 is 2.65 bits per heavy atom. The molecule has 2 unspecified atom stereocenters.